The number of aromatic hydroxyl groups is 2. The van der Waals surface area contributed by atoms with Gasteiger partial charge in [0.2, 0.25) is 0 Å². The van der Waals surface area contributed by atoms with E-state index in [0.717, 1.165) is 24.8 Å². The molecule has 34 heavy (non-hydrogen) atoms. The van der Waals surface area contributed by atoms with Crippen molar-refractivity contribution in [2.75, 3.05) is 7.11 Å². The lowest BCUT2D eigenvalue weighted by molar-refractivity contribution is -0.140. The molecule has 0 bridgehead atoms. The van der Waals surface area contributed by atoms with Gasteiger partial charge in [0.05, 0.1) is 7.11 Å². The van der Waals surface area contributed by atoms with E-state index in [1.54, 1.807) is 6.07 Å². The van der Waals surface area contributed by atoms with Crippen LogP contribution in [0.25, 0.3) is 0 Å². The number of carbonyl (C=O) groups is 1. The van der Waals surface area contributed by atoms with Gasteiger partial charge in [0.1, 0.15) is 11.5 Å². The molecule has 0 aliphatic carbocycles. The van der Waals surface area contributed by atoms with Gasteiger partial charge in [-0.25, -0.2) is 0 Å². The third-order valence-electron chi connectivity index (χ3n) is 7.12. The molecule has 0 aliphatic rings. The average molecular weight is 477 g/mol. The topological polar surface area (TPSA) is 66.8 Å². The number of hydrogen-bond donors (Lipinski definition) is 2. The summed E-state index contributed by atoms with van der Waals surface area (Å²) in [4.78, 5) is 11.0. The Hall–Kier alpha value is -1.71. The summed E-state index contributed by atoms with van der Waals surface area (Å²) in [6.07, 6.45) is 23.7. The molecular weight excluding hydrogens is 424 g/mol. The molecule has 0 radical (unpaired) electrons. The van der Waals surface area contributed by atoms with Gasteiger partial charge in [0.15, 0.2) is 0 Å². The maximum absolute atomic E-state index is 11.0. The molecule has 0 saturated carbocycles. The Labute approximate surface area is 209 Å². The standard InChI is InChI=1S/C30H52O4/c1-30(2,27-23-22-26(31)25-28(27)32)24-20-18-16-14-12-10-8-6-4-5-7-9-11-13-15-17-19-21-29(33)34-3/h22-23,25,31-32H,4-21,24H2,1-3H3. The molecule has 0 fully saturated rings. The molecule has 4 nitrogen and oxygen atoms in total. The summed E-state index contributed by atoms with van der Waals surface area (Å²) in [6.45, 7) is 4.35. The van der Waals surface area contributed by atoms with Crippen molar-refractivity contribution >= 4 is 5.97 Å². The smallest absolute Gasteiger partial charge is 0.305 e. The van der Waals surface area contributed by atoms with Crippen LogP contribution in [-0.2, 0) is 14.9 Å². The lowest BCUT2D eigenvalue weighted by atomic mass is 9.79. The van der Waals surface area contributed by atoms with E-state index in [1.807, 2.05) is 6.07 Å². The highest BCUT2D eigenvalue weighted by Gasteiger charge is 2.23. The molecule has 0 saturated heterocycles. The summed E-state index contributed by atoms with van der Waals surface area (Å²) in [6, 6.07) is 4.95. The fourth-order valence-corrected chi connectivity index (χ4v) is 4.82. The van der Waals surface area contributed by atoms with Crippen LogP contribution in [0.1, 0.15) is 141 Å². The Balaban J connectivity index is 1.85. The second kappa shape index (κ2) is 18.6. The second-order valence-electron chi connectivity index (χ2n) is 10.7. The zero-order valence-electron chi connectivity index (χ0n) is 22.4. The predicted octanol–water partition coefficient (Wildman–Crippen LogP) is 8.96. The van der Waals surface area contributed by atoms with Crippen LogP contribution in [0.15, 0.2) is 18.2 Å². The number of rotatable bonds is 21. The molecule has 0 spiro atoms. The molecule has 0 unspecified atom stereocenters. The maximum Gasteiger partial charge on any atom is 0.305 e. The largest absolute Gasteiger partial charge is 0.508 e. The van der Waals surface area contributed by atoms with E-state index < -0.39 is 0 Å². The quantitative estimate of drug-likeness (QED) is 0.137. The monoisotopic (exact) mass is 476 g/mol. The molecule has 1 rings (SSSR count). The van der Waals surface area contributed by atoms with Gasteiger partial charge >= 0.3 is 5.97 Å². The van der Waals surface area contributed by atoms with Gasteiger partial charge in [0.25, 0.3) is 0 Å². The third-order valence-corrected chi connectivity index (χ3v) is 7.12. The first-order chi connectivity index (χ1) is 16.4. The Morgan fingerprint density at radius 2 is 1.12 bits per heavy atom. The fraction of sp³-hybridized carbons (Fsp3) is 0.767. The summed E-state index contributed by atoms with van der Waals surface area (Å²) in [5, 5.41) is 19.6. The number of esters is 1. The van der Waals surface area contributed by atoms with Crippen LogP contribution in [-0.4, -0.2) is 23.3 Å². The van der Waals surface area contributed by atoms with E-state index in [1.165, 1.54) is 109 Å². The first-order valence-electron chi connectivity index (χ1n) is 14.0. The summed E-state index contributed by atoms with van der Waals surface area (Å²) >= 11 is 0. The van der Waals surface area contributed by atoms with Crippen molar-refractivity contribution in [1.82, 2.24) is 0 Å². The van der Waals surface area contributed by atoms with Crippen molar-refractivity contribution in [1.29, 1.82) is 0 Å². The Bertz CT molecular complexity index is 653. The normalized spacial score (nSPS) is 11.6. The van der Waals surface area contributed by atoms with Crippen molar-refractivity contribution in [2.24, 2.45) is 0 Å². The number of benzene rings is 1. The number of carbonyl (C=O) groups excluding carboxylic acids is 1. The second-order valence-corrected chi connectivity index (χ2v) is 10.7. The minimum atomic E-state index is -0.0788. The molecule has 2 N–H and O–H groups in total. The SMILES string of the molecule is COC(=O)CCCCCCCCCCCCCCCCCCCC(C)(C)c1ccc(O)cc1O. The number of methoxy groups -OCH3 is 1. The van der Waals surface area contributed by atoms with Gasteiger partial charge in [-0.15, -0.1) is 0 Å². The van der Waals surface area contributed by atoms with Crippen molar-refractivity contribution in [3.63, 3.8) is 0 Å². The molecule has 196 valence electrons. The van der Waals surface area contributed by atoms with E-state index in [9.17, 15) is 15.0 Å². The lowest BCUT2D eigenvalue weighted by Crippen LogP contribution is -2.17. The highest BCUT2D eigenvalue weighted by atomic mass is 16.5. The van der Waals surface area contributed by atoms with Crippen molar-refractivity contribution in [2.45, 2.75) is 141 Å². The van der Waals surface area contributed by atoms with Crippen molar-refractivity contribution < 1.29 is 19.7 Å². The number of unbranched alkanes of at least 4 members (excludes halogenated alkanes) is 16. The number of hydrogen-bond acceptors (Lipinski definition) is 4. The highest BCUT2D eigenvalue weighted by Crippen LogP contribution is 2.36. The van der Waals surface area contributed by atoms with E-state index in [-0.39, 0.29) is 22.9 Å². The van der Waals surface area contributed by atoms with Gasteiger partial charge in [-0.2, -0.15) is 0 Å². The summed E-state index contributed by atoms with van der Waals surface area (Å²) < 4.78 is 4.66. The molecular formula is C30H52O4. The molecule has 1 aromatic carbocycles. The molecule has 0 atom stereocenters. The van der Waals surface area contributed by atoms with Gasteiger partial charge in [-0.3, -0.25) is 4.79 Å². The molecule has 1 aromatic rings. The summed E-state index contributed by atoms with van der Waals surface area (Å²) in [5.41, 5.74) is 0.863. The van der Waals surface area contributed by atoms with E-state index in [0.29, 0.717) is 6.42 Å². The fourth-order valence-electron chi connectivity index (χ4n) is 4.82. The van der Waals surface area contributed by atoms with Crippen LogP contribution in [0.2, 0.25) is 0 Å². The Morgan fingerprint density at radius 3 is 1.53 bits per heavy atom. The average Bonchev–Trinajstić information content (AvgIpc) is 2.80. The number of phenolic OH excluding ortho intramolecular Hbond substituents is 2. The zero-order chi connectivity index (χ0) is 25.1. The summed E-state index contributed by atoms with van der Waals surface area (Å²) in [5.74, 6) is 0.243. The molecule has 4 heteroatoms. The molecule has 0 heterocycles. The van der Waals surface area contributed by atoms with E-state index in [2.05, 4.69) is 18.6 Å². The molecule has 0 aromatic heterocycles. The van der Waals surface area contributed by atoms with Crippen LogP contribution in [0, 0.1) is 0 Å². The highest BCUT2D eigenvalue weighted by molar-refractivity contribution is 5.68. The zero-order valence-corrected chi connectivity index (χ0v) is 22.4. The van der Waals surface area contributed by atoms with Gasteiger partial charge < -0.3 is 14.9 Å². The Morgan fingerprint density at radius 1 is 0.706 bits per heavy atom. The number of phenols is 2. The number of ether oxygens (including phenoxy) is 1. The van der Waals surface area contributed by atoms with Crippen LogP contribution < -0.4 is 0 Å². The molecule has 0 aliphatic heterocycles. The van der Waals surface area contributed by atoms with E-state index in [4.69, 9.17) is 0 Å². The van der Waals surface area contributed by atoms with Gasteiger partial charge in [0, 0.05) is 12.5 Å². The van der Waals surface area contributed by atoms with Crippen LogP contribution in [0.5, 0.6) is 11.5 Å². The first kappa shape index (κ1) is 30.3. The minimum Gasteiger partial charge on any atom is -0.508 e. The predicted molar refractivity (Wildman–Crippen MR) is 143 cm³/mol. The van der Waals surface area contributed by atoms with Gasteiger partial charge in [-0.1, -0.05) is 123 Å². The van der Waals surface area contributed by atoms with E-state index >= 15 is 0 Å². The maximum atomic E-state index is 11.0. The minimum absolute atomic E-state index is 0.0660. The lowest BCUT2D eigenvalue weighted by Gasteiger charge is -2.26. The van der Waals surface area contributed by atoms with Crippen LogP contribution in [0.4, 0.5) is 0 Å². The third kappa shape index (κ3) is 14.5. The Kier molecular flexibility index (Phi) is 16.6. The molecule has 0 amide bonds. The van der Waals surface area contributed by atoms with Crippen LogP contribution in [0.3, 0.4) is 0 Å². The van der Waals surface area contributed by atoms with Gasteiger partial charge in [-0.05, 0) is 29.9 Å². The summed E-state index contributed by atoms with van der Waals surface area (Å²) in [7, 11) is 1.46. The van der Waals surface area contributed by atoms with Crippen molar-refractivity contribution in [3.8, 4) is 11.5 Å². The first-order valence-corrected chi connectivity index (χ1v) is 14.0. The van der Waals surface area contributed by atoms with Crippen molar-refractivity contribution in [3.05, 3.63) is 23.8 Å². The van der Waals surface area contributed by atoms with Crippen LogP contribution >= 0.6 is 0 Å².